The normalized spacial score (nSPS) is 20.6. The number of hydrogen-bond acceptors (Lipinski definition) is 8. The second-order valence-electron chi connectivity index (χ2n) is 9.90. The summed E-state index contributed by atoms with van der Waals surface area (Å²) < 4.78 is 40.2. The molecule has 4 heterocycles. The Bertz CT molecular complexity index is 1430. The van der Waals surface area contributed by atoms with Gasteiger partial charge in [-0.05, 0) is 50.5 Å². The van der Waals surface area contributed by atoms with Gasteiger partial charge in [0.25, 0.3) is 15.9 Å². The van der Waals surface area contributed by atoms with E-state index in [1.54, 1.807) is 24.4 Å². The quantitative estimate of drug-likeness (QED) is 0.515. The van der Waals surface area contributed by atoms with Gasteiger partial charge in [0.05, 0.1) is 12.2 Å². The van der Waals surface area contributed by atoms with Crippen LogP contribution in [0.1, 0.15) is 55.6 Å². The largest absolute Gasteiger partial charge is 0.493 e. The third-order valence-corrected chi connectivity index (χ3v) is 8.57. The first-order valence-electron chi connectivity index (χ1n) is 12.3. The van der Waals surface area contributed by atoms with Gasteiger partial charge < -0.3 is 14.4 Å². The van der Waals surface area contributed by atoms with Crippen LogP contribution in [-0.4, -0.2) is 43.0 Å². The average Bonchev–Trinajstić information content (AvgIpc) is 3.16. The van der Waals surface area contributed by atoms with E-state index in [9.17, 15) is 13.2 Å². The molecular weight excluding hydrogens is 492 g/mol. The van der Waals surface area contributed by atoms with Gasteiger partial charge in [-0.2, -0.15) is 13.4 Å². The van der Waals surface area contributed by atoms with Crippen LogP contribution >= 0.6 is 0 Å². The van der Waals surface area contributed by atoms with Crippen LogP contribution in [0.5, 0.6) is 11.6 Å². The number of pyridine rings is 2. The van der Waals surface area contributed by atoms with E-state index in [1.165, 1.54) is 12.1 Å². The number of amides is 1. The molecule has 1 saturated heterocycles. The molecule has 10 heteroatoms. The van der Waals surface area contributed by atoms with Gasteiger partial charge in [0, 0.05) is 36.3 Å². The number of sulfonamides is 1. The van der Waals surface area contributed by atoms with Crippen molar-refractivity contribution in [2.75, 3.05) is 18.1 Å². The molecule has 1 aromatic carbocycles. The van der Waals surface area contributed by atoms with E-state index in [2.05, 4.69) is 40.4 Å². The second kappa shape index (κ2) is 9.66. The minimum absolute atomic E-state index is 0.145. The molecule has 0 aliphatic carbocycles. The van der Waals surface area contributed by atoms with Crippen molar-refractivity contribution in [2.45, 2.75) is 50.3 Å². The molecule has 1 amide bonds. The van der Waals surface area contributed by atoms with E-state index in [-0.39, 0.29) is 28.1 Å². The van der Waals surface area contributed by atoms with Crippen LogP contribution in [0.25, 0.3) is 0 Å². The van der Waals surface area contributed by atoms with Crippen LogP contribution in [-0.2, 0) is 10.0 Å². The van der Waals surface area contributed by atoms with Crippen molar-refractivity contribution < 1.29 is 22.7 Å². The molecule has 194 valence electrons. The van der Waals surface area contributed by atoms with Crippen LogP contribution < -0.4 is 19.1 Å². The van der Waals surface area contributed by atoms with Crippen molar-refractivity contribution >= 4 is 21.7 Å². The highest BCUT2D eigenvalue weighted by Crippen LogP contribution is 2.38. The zero-order valence-electron chi connectivity index (χ0n) is 21.0. The maximum atomic E-state index is 13.2. The number of fused-ring (bicyclic) bond motifs is 1. The molecule has 1 fully saturated rings. The van der Waals surface area contributed by atoms with Crippen molar-refractivity contribution in [3.63, 3.8) is 0 Å². The maximum absolute atomic E-state index is 13.2. The summed E-state index contributed by atoms with van der Waals surface area (Å²) in [4.78, 5) is 23.9. The number of nitrogens with zero attached hydrogens (tertiary/aromatic N) is 3. The maximum Gasteiger partial charge on any atom is 0.281 e. The van der Waals surface area contributed by atoms with Gasteiger partial charge in [0.2, 0.25) is 5.88 Å². The number of aromatic nitrogens is 2. The predicted octanol–water partition coefficient (Wildman–Crippen LogP) is 4.12. The number of hydrogen-bond donors (Lipinski definition) is 1. The molecule has 2 aliphatic rings. The Morgan fingerprint density at radius 2 is 1.92 bits per heavy atom. The molecule has 0 spiro atoms. The minimum atomic E-state index is -4.27. The minimum Gasteiger partial charge on any atom is -0.493 e. The fourth-order valence-electron chi connectivity index (χ4n) is 4.82. The summed E-state index contributed by atoms with van der Waals surface area (Å²) in [5, 5.41) is -0.306. The van der Waals surface area contributed by atoms with Crippen molar-refractivity contribution in [1.82, 2.24) is 14.7 Å². The molecule has 0 saturated carbocycles. The van der Waals surface area contributed by atoms with E-state index >= 15 is 0 Å². The molecular formula is C27H30N4O5S. The van der Waals surface area contributed by atoms with Gasteiger partial charge in [0.1, 0.15) is 17.7 Å². The molecule has 2 unspecified atom stereocenters. The summed E-state index contributed by atoms with van der Waals surface area (Å²) in [6.45, 7) is 7.57. The second-order valence-corrected chi connectivity index (χ2v) is 11.5. The van der Waals surface area contributed by atoms with Gasteiger partial charge >= 0.3 is 0 Å². The van der Waals surface area contributed by atoms with Gasteiger partial charge in [-0.3, -0.25) is 4.79 Å². The van der Waals surface area contributed by atoms with Crippen LogP contribution in [0.3, 0.4) is 0 Å². The number of carbonyl (C=O) groups is 1. The highest BCUT2D eigenvalue weighted by Gasteiger charge is 2.40. The average molecular weight is 523 g/mol. The third-order valence-electron chi connectivity index (χ3n) is 7.34. The fraction of sp³-hybridized carbons (Fsp3) is 0.370. The summed E-state index contributed by atoms with van der Waals surface area (Å²) in [6.07, 6.45) is 2.84. The lowest BCUT2D eigenvalue weighted by molar-refractivity contribution is 0.0981. The number of carbonyl (C=O) groups excluding carboxylic acids is 1. The van der Waals surface area contributed by atoms with E-state index in [0.717, 1.165) is 24.3 Å². The first kappa shape index (κ1) is 25.0. The Kier molecular flexibility index (Phi) is 6.53. The summed E-state index contributed by atoms with van der Waals surface area (Å²) >= 11 is 0. The van der Waals surface area contributed by atoms with Gasteiger partial charge in [-0.1, -0.05) is 31.2 Å². The van der Waals surface area contributed by atoms with Crippen molar-refractivity contribution in [1.29, 1.82) is 0 Å². The molecule has 0 bridgehead atoms. The lowest BCUT2D eigenvalue weighted by Crippen LogP contribution is -2.43. The standard InChI is InChI=1S/C27H30N4O5S/c1-18-13-16-31(27(18,2)3)25-20(9-7-15-28-25)26(32)30-37(33,34)24-12-6-11-23(29-24)36-22-14-17-35-21-10-5-4-8-19(21)22/h4-12,15,18,22H,13-14,16-17H2,1-3H3,(H,30,32). The van der Waals surface area contributed by atoms with Gasteiger partial charge in [0.15, 0.2) is 5.03 Å². The Morgan fingerprint density at radius 1 is 1.11 bits per heavy atom. The third kappa shape index (κ3) is 4.85. The highest BCUT2D eigenvalue weighted by atomic mass is 32.2. The highest BCUT2D eigenvalue weighted by molar-refractivity contribution is 7.90. The first-order chi connectivity index (χ1) is 17.7. The number of nitrogens with one attached hydrogen (secondary N) is 1. The van der Waals surface area contributed by atoms with Crippen LogP contribution in [0.2, 0.25) is 0 Å². The monoisotopic (exact) mass is 522 g/mol. The number of rotatable bonds is 6. The van der Waals surface area contributed by atoms with E-state index in [4.69, 9.17) is 9.47 Å². The molecule has 2 aliphatic heterocycles. The Hall–Kier alpha value is -3.66. The fourth-order valence-corrected chi connectivity index (χ4v) is 5.74. The SMILES string of the molecule is CC1CCN(c2ncccc2C(=O)NS(=O)(=O)c2cccc(OC3CCOc4ccccc43)n2)C1(C)C. The summed E-state index contributed by atoms with van der Waals surface area (Å²) in [5.41, 5.74) is 0.845. The van der Waals surface area contributed by atoms with Crippen molar-refractivity contribution in [2.24, 2.45) is 5.92 Å². The Morgan fingerprint density at radius 3 is 2.70 bits per heavy atom. The Balaban J connectivity index is 1.36. The van der Waals surface area contributed by atoms with E-state index < -0.39 is 15.9 Å². The van der Waals surface area contributed by atoms with E-state index in [1.807, 2.05) is 24.3 Å². The molecule has 9 nitrogen and oxygen atoms in total. The number of benzene rings is 1. The van der Waals surface area contributed by atoms with Crippen LogP contribution in [0.4, 0.5) is 5.82 Å². The van der Waals surface area contributed by atoms with Crippen molar-refractivity contribution in [3.8, 4) is 11.6 Å². The first-order valence-corrected chi connectivity index (χ1v) is 13.8. The summed E-state index contributed by atoms with van der Waals surface area (Å²) in [7, 11) is -4.27. The van der Waals surface area contributed by atoms with Gasteiger partial charge in [-0.25, -0.2) is 9.71 Å². The number of ether oxygens (including phenoxy) is 2. The molecule has 5 rings (SSSR count). The predicted molar refractivity (Wildman–Crippen MR) is 138 cm³/mol. The smallest absolute Gasteiger partial charge is 0.281 e. The molecule has 1 N–H and O–H groups in total. The zero-order chi connectivity index (χ0) is 26.2. The zero-order valence-corrected chi connectivity index (χ0v) is 21.9. The van der Waals surface area contributed by atoms with Crippen LogP contribution in [0, 0.1) is 5.92 Å². The molecule has 2 atom stereocenters. The van der Waals surface area contributed by atoms with Gasteiger partial charge in [-0.15, -0.1) is 0 Å². The Labute approximate surface area is 216 Å². The molecule has 37 heavy (non-hydrogen) atoms. The summed E-state index contributed by atoms with van der Waals surface area (Å²) in [6, 6.07) is 15.2. The lowest BCUT2D eigenvalue weighted by atomic mass is 9.90. The summed E-state index contributed by atoms with van der Waals surface area (Å²) in [5.74, 6) is 0.978. The topological polar surface area (TPSA) is 111 Å². The molecule has 0 radical (unpaired) electrons. The van der Waals surface area contributed by atoms with Crippen molar-refractivity contribution in [3.05, 3.63) is 71.9 Å². The van der Waals surface area contributed by atoms with Crippen LogP contribution in [0.15, 0.2) is 65.8 Å². The van der Waals surface area contributed by atoms with E-state index in [0.29, 0.717) is 24.8 Å². The molecule has 2 aromatic heterocycles. The number of anilines is 1. The number of para-hydroxylation sites is 1. The molecule has 3 aromatic rings. The lowest BCUT2D eigenvalue weighted by Gasteiger charge is -2.36.